The molecule has 0 radical (unpaired) electrons. The molecule has 0 saturated heterocycles. The number of nitrogens with zero attached hydrogens (tertiary/aromatic N) is 1. The Morgan fingerprint density at radius 2 is 2.43 bits per heavy atom. The Kier molecular flexibility index (Phi) is 3.87. The minimum Gasteiger partial charge on any atom is -0.349 e. The molecule has 0 fully saturated rings. The monoisotopic (exact) mass is 193 g/mol. The number of rotatable bonds is 4. The van der Waals surface area contributed by atoms with Gasteiger partial charge in [-0.15, -0.1) is 0 Å². The van der Waals surface area contributed by atoms with E-state index in [0.29, 0.717) is 19.4 Å². The topological polar surface area (TPSA) is 42.2 Å². The first kappa shape index (κ1) is 11.0. The van der Waals surface area contributed by atoms with Crippen LogP contribution in [0.2, 0.25) is 0 Å². The van der Waals surface area contributed by atoms with Gasteiger partial charge in [-0.05, 0) is 18.6 Å². The van der Waals surface area contributed by atoms with Crippen LogP contribution in [0.25, 0.3) is 0 Å². The molecule has 3 heteroatoms. The second kappa shape index (κ2) is 4.94. The number of allylic oxidation sites excluding steroid dienone is 2. The molecule has 0 N–H and O–H groups in total. The minimum atomic E-state index is -0.617. The largest absolute Gasteiger partial charge is 0.349 e. The summed E-state index contributed by atoms with van der Waals surface area (Å²) in [4.78, 5) is 0. The van der Waals surface area contributed by atoms with E-state index in [1.807, 2.05) is 25.2 Å². The average molecular weight is 193 g/mol. The van der Waals surface area contributed by atoms with Gasteiger partial charge >= 0.3 is 0 Å². The molecule has 3 nitrogen and oxygen atoms in total. The summed E-state index contributed by atoms with van der Waals surface area (Å²) in [5.74, 6) is -0.617. The van der Waals surface area contributed by atoms with Gasteiger partial charge in [-0.2, -0.15) is 5.26 Å². The number of ether oxygens (including phenoxy) is 2. The van der Waals surface area contributed by atoms with Gasteiger partial charge in [0.15, 0.2) is 5.79 Å². The van der Waals surface area contributed by atoms with Gasteiger partial charge in [0.2, 0.25) is 0 Å². The molecule has 1 aliphatic carbocycles. The molecule has 76 valence electrons. The number of hydrogen-bond acceptors (Lipinski definition) is 3. The zero-order valence-corrected chi connectivity index (χ0v) is 8.62. The lowest BCUT2D eigenvalue weighted by Gasteiger charge is -2.30. The average Bonchev–Trinajstić information content (AvgIpc) is 2.22. The maximum Gasteiger partial charge on any atom is 0.191 e. The van der Waals surface area contributed by atoms with Crippen LogP contribution in [0.4, 0.5) is 0 Å². The number of hydrogen-bond donors (Lipinski definition) is 0. The molecule has 0 aromatic heterocycles. The summed E-state index contributed by atoms with van der Waals surface area (Å²) in [6.45, 7) is 2.54. The molecular formula is C11H15NO2. The lowest BCUT2D eigenvalue weighted by molar-refractivity contribution is -0.183. The fourth-order valence-electron chi connectivity index (χ4n) is 1.43. The van der Waals surface area contributed by atoms with E-state index < -0.39 is 5.79 Å². The molecule has 0 spiro atoms. The van der Waals surface area contributed by atoms with Crippen LogP contribution >= 0.6 is 0 Å². The predicted molar refractivity (Wildman–Crippen MR) is 53.4 cm³/mol. The van der Waals surface area contributed by atoms with Gasteiger partial charge in [0, 0.05) is 20.1 Å². The van der Waals surface area contributed by atoms with Crippen molar-refractivity contribution >= 4 is 0 Å². The Morgan fingerprint density at radius 1 is 1.64 bits per heavy atom. The molecule has 14 heavy (non-hydrogen) atoms. The van der Waals surface area contributed by atoms with Crippen molar-refractivity contribution in [2.45, 2.75) is 25.6 Å². The van der Waals surface area contributed by atoms with Gasteiger partial charge in [0.05, 0.1) is 12.5 Å². The summed E-state index contributed by atoms with van der Waals surface area (Å²) in [5.41, 5.74) is 1.03. The van der Waals surface area contributed by atoms with Crippen molar-refractivity contribution in [3.05, 3.63) is 23.8 Å². The van der Waals surface area contributed by atoms with Crippen molar-refractivity contribution in [1.29, 1.82) is 5.26 Å². The molecule has 1 unspecified atom stereocenters. The SMILES string of the molecule is CCOC1(OC)C=CC(CC#N)=CC1. The molecule has 0 aromatic carbocycles. The van der Waals surface area contributed by atoms with E-state index >= 15 is 0 Å². The van der Waals surface area contributed by atoms with E-state index in [0.717, 1.165) is 5.57 Å². The molecule has 0 aromatic rings. The normalized spacial score (nSPS) is 25.6. The lowest BCUT2D eigenvalue weighted by Crippen LogP contribution is -2.33. The molecule has 1 atom stereocenters. The van der Waals surface area contributed by atoms with Crippen molar-refractivity contribution in [1.82, 2.24) is 0 Å². The van der Waals surface area contributed by atoms with E-state index in [1.165, 1.54) is 0 Å². The third-order valence-electron chi connectivity index (χ3n) is 2.22. The summed E-state index contributed by atoms with van der Waals surface area (Å²) in [5, 5.41) is 8.52. The first-order valence-electron chi connectivity index (χ1n) is 4.70. The van der Waals surface area contributed by atoms with E-state index in [1.54, 1.807) is 7.11 Å². The Bertz CT molecular complexity index is 288. The fourth-order valence-corrected chi connectivity index (χ4v) is 1.43. The van der Waals surface area contributed by atoms with Crippen LogP contribution in [0, 0.1) is 11.3 Å². The summed E-state index contributed by atoms with van der Waals surface area (Å²) < 4.78 is 10.8. The summed E-state index contributed by atoms with van der Waals surface area (Å²) in [7, 11) is 1.63. The molecular weight excluding hydrogens is 178 g/mol. The zero-order chi connectivity index (χ0) is 10.4. The predicted octanol–water partition coefficient (Wildman–Crippen LogP) is 2.17. The fraction of sp³-hybridized carbons (Fsp3) is 0.545. The van der Waals surface area contributed by atoms with Crippen LogP contribution in [0.5, 0.6) is 0 Å². The molecule has 0 saturated carbocycles. The standard InChI is InChI=1S/C11H15NO2/c1-3-14-11(13-2)7-4-10(5-8-11)6-9-12/h4-5,7H,3,6,8H2,1-2H3. The van der Waals surface area contributed by atoms with Gasteiger partial charge in [-0.1, -0.05) is 12.2 Å². The smallest absolute Gasteiger partial charge is 0.191 e. The highest BCUT2D eigenvalue weighted by atomic mass is 16.7. The third-order valence-corrected chi connectivity index (χ3v) is 2.22. The second-order valence-electron chi connectivity index (χ2n) is 3.10. The first-order valence-corrected chi connectivity index (χ1v) is 4.70. The van der Waals surface area contributed by atoms with Crippen molar-refractivity contribution in [3.8, 4) is 6.07 Å². The van der Waals surface area contributed by atoms with Crippen LogP contribution in [0.3, 0.4) is 0 Å². The Balaban J connectivity index is 2.65. The van der Waals surface area contributed by atoms with Crippen LogP contribution < -0.4 is 0 Å². The van der Waals surface area contributed by atoms with Crippen LogP contribution in [-0.4, -0.2) is 19.5 Å². The lowest BCUT2D eigenvalue weighted by atomic mass is 10.00. The highest BCUT2D eigenvalue weighted by molar-refractivity contribution is 5.28. The first-order chi connectivity index (χ1) is 6.76. The molecule has 0 aliphatic heterocycles. The van der Waals surface area contributed by atoms with Gasteiger partial charge in [-0.25, -0.2) is 0 Å². The molecule has 0 amide bonds. The Hall–Kier alpha value is -1.11. The third kappa shape index (κ3) is 2.44. The maximum absolute atomic E-state index is 8.52. The molecule has 0 bridgehead atoms. The number of nitriles is 1. The van der Waals surface area contributed by atoms with Crippen LogP contribution in [0.1, 0.15) is 19.8 Å². The maximum atomic E-state index is 8.52. The molecule has 1 aliphatic rings. The quantitative estimate of drug-likeness (QED) is 0.642. The Morgan fingerprint density at radius 3 is 2.86 bits per heavy atom. The van der Waals surface area contributed by atoms with Gasteiger partial charge in [0.1, 0.15) is 0 Å². The van der Waals surface area contributed by atoms with E-state index in [2.05, 4.69) is 6.07 Å². The summed E-state index contributed by atoms with van der Waals surface area (Å²) in [6.07, 6.45) is 6.88. The van der Waals surface area contributed by atoms with Crippen LogP contribution in [-0.2, 0) is 9.47 Å². The van der Waals surface area contributed by atoms with Crippen molar-refractivity contribution in [2.24, 2.45) is 0 Å². The van der Waals surface area contributed by atoms with E-state index in [-0.39, 0.29) is 0 Å². The highest BCUT2D eigenvalue weighted by Crippen LogP contribution is 2.26. The van der Waals surface area contributed by atoms with Crippen LogP contribution in [0.15, 0.2) is 23.8 Å². The zero-order valence-electron chi connectivity index (χ0n) is 8.62. The summed E-state index contributed by atoms with van der Waals surface area (Å²) >= 11 is 0. The van der Waals surface area contributed by atoms with Gasteiger partial charge in [0.25, 0.3) is 0 Å². The minimum absolute atomic E-state index is 0.447. The Labute approximate surface area is 84.6 Å². The number of methoxy groups -OCH3 is 1. The highest BCUT2D eigenvalue weighted by Gasteiger charge is 2.27. The van der Waals surface area contributed by atoms with Gasteiger partial charge in [-0.3, -0.25) is 0 Å². The summed E-state index contributed by atoms with van der Waals surface area (Å²) in [6, 6.07) is 2.11. The van der Waals surface area contributed by atoms with E-state index in [4.69, 9.17) is 14.7 Å². The second-order valence-corrected chi connectivity index (χ2v) is 3.10. The van der Waals surface area contributed by atoms with E-state index in [9.17, 15) is 0 Å². The molecule has 0 heterocycles. The molecule has 1 rings (SSSR count). The van der Waals surface area contributed by atoms with Crippen molar-refractivity contribution < 1.29 is 9.47 Å². The van der Waals surface area contributed by atoms with Crippen molar-refractivity contribution in [3.63, 3.8) is 0 Å². The van der Waals surface area contributed by atoms with Crippen molar-refractivity contribution in [2.75, 3.05) is 13.7 Å². The van der Waals surface area contributed by atoms with Gasteiger partial charge < -0.3 is 9.47 Å².